The van der Waals surface area contributed by atoms with Gasteiger partial charge in [0, 0.05) is 20.6 Å². The van der Waals surface area contributed by atoms with E-state index in [4.69, 9.17) is 14.2 Å². The maximum absolute atomic E-state index is 13.9. The normalized spacial score (nSPS) is 14.8. The predicted molar refractivity (Wildman–Crippen MR) is 116 cm³/mol. The van der Waals surface area contributed by atoms with Crippen LogP contribution in [0.4, 0.5) is 4.39 Å². The average molecular weight is 459 g/mol. The summed E-state index contributed by atoms with van der Waals surface area (Å²) >= 11 is 1.28. The molecule has 2 aromatic carbocycles. The van der Waals surface area contributed by atoms with E-state index >= 15 is 0 Å². The van der Waals surface area contributed by atoms with Crippen LogP contribution in [0.2, 0.25) is 0 Å². The molecule has 8 nitrogen and oxygen atoms in total. The Morgan fingerprint density at radius 2 is 2.06 bits per heavy atom. The number of para-hydroxylation sites is 2. The Labute approximate surface area is 189 Å². The number of rotatable bonds is 7. The average Bonchev–Trinajstić information content (AvgIpc) is 3.17. The Balaban J connectivity index is 1.34. The van der Waals surface area contributed by atoms with Crippen LogP contribution in [0.1, 0.15) is 17.5 Å². The van der Waals surface area contributed by atoms with Gasteiger partial charge >= 0.3 is 0 Å². The summed E-state index contributed by atoms with van der Waals surface area (Å²) in [6, 6.07) is 12.1. The fourth-order valence-corrected chi connectivity index (χ4v) is 4.14. The largest absolute Gasteiger partial charge is 0.494 e. The Hall–Kier alpha value is -3.27. The van der Waals surface area contributed by atoms with Gasteiger partial charge in [0.2, 0.25) is 5.91 Å². The van der Waals surface area contributed by atoms with Gasteiger partial charge in [-0.15, -0.1) is 10.2 Å². The second kappa shape index (κ2) is 9.47. The molecule has 168 valence electrons. The zero-order chi connectivity index (χ0) is 22.7. The molecule has 1 aliphatic heterocycles. The highest BCUT2D eigenvalue weighted by Gasteiger charge is 2.27. The third-order valence-corrected chi connectivity index (χ3v) is 6.06. The minimum Gasteiger partial charge on any atom is -0.494 e. The Morgan fingerprint density at radius 3 is 2.81 bits per heavy atom. The lowest BCUT2D eigenvalue weighted by Gasteiger charge is -2.25. The third kappa shape index (κ3) is 4.64. The lowest BCUT2D eigenvalue weighted by atomic mass is 10.2. The molecule has 10 heteroatoms. The maximum Gasteiger partial charge on any atom is 0.233 e. The minimum atomic E-state index is -0.455. The fourth-order valence-electron chi connectivity index (χ4n) is 3.29. The van der Waals surface area contributed by atoms with Crippen molar-refractivity contribution in [2.24, 2.45) is 7.05 Å². The lowest BCUT2D eigenvalue weighted by Crippen LogP contribution is -2.28. The van der Waals surface area contributed by atoms with Crippen LogP contribution in [0.15, 0.2) is 47.6 Å². The second-order valence-corrected chi connectivity index (χ2v) is 8.21. The van der Waals surface area contributed by atoms with Crippen molar-refractivity contribution < 1.29 is 23.4 Å². The van der Waals surface area contributed by atoms with E-state index in [1.54, 1.807) is 28.6 Å². The van der Waals surface area contributed by atoms with Crippen LogP contribution in [-0.4, -0.2) is 52.1 Å². The summed E-state index contributed by atoms with van der Waals surface area (Å²) in [4.78, 5) is 14.1. The Morgan fingerprint density at radius 1 is 1.28 bits per heavy atom. The summed E-state index contributed by atoms with van der Waals surface area (Å²) < 4.78 is 32.4. The number of hydrogen-bond donors (Lipinski definition) is 0. The number of hydrogen-bond acceptors (Lipinski definition) is 7. The van der Waals surface area contributed by atoms with Crippen molar-refractivity contribution in [2.45, 2.75) is 17.8 Å². The molecule has 0 spiro atoms. The number of carbonyl (C=O) groups excluding carboxylic acids is 1. The summed E-state index contributed by atoms with van der Waals surface area (Å²) in [5.41, 5.74) is 0.680. The highest BCUT2D eigenvalue weighted by atomic mass is 32.2. The molecule has 0 fully saturated rings. The molecule has 0 bridgehead atoms. The predicted octanol–water partition coefficient (Wildman–Crippen LogP) is 3.23. The number of ether oxygens (including phenoxy) is 3. The van der Waals surface area contributed by atoms with Crippen molar-refractivity contribution in [3.05, 3.63) is 59.7 Å². The van der Waals surface area contributed by atoms with Gasteiger partial charge in [-0.25, -0.2) is 4.39 Å². The van der Waals surface area contributed by atoms with Crippen molar-refractivity contribution in [1.29, 1.82) is 0 Å². The zero-order valence-electron chi connectivity index (χ0n) is 17.9. The fraction of sp³-hybridized carbons (Fsp3) is 0.318. The summed E-state index contributed by atoms with van der Waals surface area (Å²) in [7, 11) is 4.92. The van der Waals surface area contributed by atoms with Crippen LogP contribution in [0.3, 0.4) is 0 Å². The van der Waals surface area contributed by atoms with E-state index in [2.05, 4.69) is 10.2 Å². The van der Waals surface area contributed by atoms with Crippen LogP contribution in [0.5, 0.6) is 17.2 Å². The number of fused-ring (bicyclic) bond motifs is 1. The topological polar surface area (TPSA) is 78.7 Å². The molecule has 1 unspecified atom stereocenters. The second-order valence-electron chi connectivity index (χ2n) is 7.27. The number of halogens is 1. The number of nitrogens with zero attached hydrogens (tertiary/aromatic N) is 4. The Kier molecular flexibility index (Phi) is 6.50. The van der Waals surface area contributed by atoms with Gasteiger partial charge in [0.05, 0.1) is 12.9 Å². The number of aromatic nitrogens is 3. The number of amides is 1. The monoisotopic (exact) mass is 458 g/mol. The molecule has 0 N–H and O–H groups in total. The van der Waals surface area contributed by atoms with Gasteiger partial charge in [-0.3, -0.25) is 4.79 Å². The van der Waals surface area contributed by atoms with Crippen molar-refractivity contribution in [2.75, 3.05) is 26.5 Å². The zero-order valence-corrected chi connectivity index (χ0v) is 18.8. The maximum atomic E-state index is 13.9. The van der Waals surface area contributed by atoms with Gasteiger partial charge in [-0.2, -0.15) is 0 Å². The molecule has 4 rings (SSSR count). The van der Waals surface area contributed by atoms with E-state index in [1.165, 1.54) is 24.9 Å². The van der Waals surface area contributed by atoms with Gasteiger partial charge < -0.3 is 23.7 Å². The van der Waals surface area contributed by atoms with Gasteiger partial charge in [0.25, 0.3) is 0 Å². The van der Waals surface area contributed by atoms with Crippen molar-refractivity contribution in [3.63, 3.8) is 0 Å². The summed E-state index contributed by atoms with van der Waals surface area (Å²) in [5.74, 6) is 1.76. The van der Waals surface area contributed by atoms with Crippen LogP contribution in [-0.2, 0) is 18.4 Å². The summed E-state index contributed by atoms with van der Waals surface area (Å²) in [5, 5.41) is 9.03. The highest BCUT2D eigenvalue weighted by Crippen LogP contribution is 2.35. The van der Waals surface area contributed by atoms with Gasteiger partial charge in [0.15, 0.2) is 40.2 Å². The molecular formula is C22H23FN4O4S. The van der Waals surface area contributed by atoms with Crippen LogP contribution >= 0.6 is 11.8 Å². The molecular weight excluding hydrogens is 435 g/mol. The lowest BCUT2D eigenvalue weighted by molar-refractivity contribution is -0.127. The molecule has 0 radical (unpaired) electrons. The molecule has 1 aliphatic rings. The molecule has 1 aromatic heterocycles. The molecule has 1 atom stereocenters. The van der Waals surface area contributed by atoms with Crippen LogP contribution in [0, 0.1) is 5.82 Å². The van der Waals surface area contributed by atoms with E-state index in [9.17, 15) is 9.18 Å². The summed E-state index contributed by atoms with van der Waals surface area (Å²) in [6.45, 7) is 0.616. The number of benzene rings is 2. The van der Waals surface area contributed by atoms with E-state index in [-0.39, 0.29) is 30.1 Å². The number of carbonyl (C=O) groups is 1. The van der Waals surface area contributed by atoms with Crippen molar-refractivity contribution in [3.8, 4) is 17.2 Å². The number of thioether (sulfide) groups is 1. The van der Waals surface area contributed by atoms with E-state index in [0.717, 1.165) is 0 Å². The van der Waals surface area contributed by atoms with E-state index in [1.807, 2.05) is 31.3 Å². The van der Waals surface area contributed by atoms with Gasteiger partial charge in [-0.05, 0) is 29.8 Å². The number of methoxy groups -OCH3 is 1. The minimum absolute atomic E-state index is 0.109. The van der Waals surface area contributed by atoms with Gasteiger partial charge in [-0.1, -0.05) is 30.0 Å². The first-order valence-corrected chi connectivity index (χ1v) is 10.9. The first kappa shape index (κ1) is 21.9. The van der Waals surface area contributed by atoms with E-state index < -0.39 is 5.82 Å². The molecule has 0 aliphatic carbocycles. The standard InChI is InChI=1S/C22H23FN4O4S/c1-26(11-14-8-9-16(29-3)15(23)10-14)20(28)13-32-22-25-24-21(27(22)2)19-12-30-17-6-4-5-7-18(17)31-19/h4-10,19H,11-13H2,1-3H3. The third-order valence-electron chi connectivity index (χ3n) is 5.05. The molecule has 3 aromatic rings. The smallest absolute Gasteiger partial charge is 0.233 e. The SMILES string of the molecule is COc1ccc(CN(C)C(=O)CSc2nnc(C3COc4ccccc4O3)n2C)cc1F. The van der Waals surface area contributed by atoms with Crippen LogP contribution in [0.25, 0.3) is 0 Å². The first-order valence-electron chi connectivity index (χ1n) is 9.93. The molecule has 0 saturated heterocycles. The molecule has 0 saturated carbocycles. The quantitative estimate of drug-likeness (QED) is 0.503. The van der Waals surface area contributed by atoms with E-state index in [0.29, 0.717) is 34.7 Å². The Bertz CT molecular complexity index is 1120. The highest BCUT2D eigenvalue weighted by molar-refractivity contribution is 7.99. The van der Waals surface area contributed by atoms with Crippen LogP contribution < -0.4 is 14.2 Å². The summed E-state index contributed by atoms with van der Waals surface area (Å²) in [6.07, 6.45) is -0.389. The molecule has 1 amide bonds. The van der Waals surface area contributed by atoms with Crippen molar-refractivity contribution in [1.82, 2.24) is 19.7 Å². The van der Waals surface area contributed by atoms with Gasteiger partial charge in [0.1, 0.15) is 6.61 Å². The molecule has 2 heterocycles. The first-order chi connectivity index (χ1) is 15.5. The van der Waals surface area contributed by atoms with Crippen molar-refractivity contribution >= 4 is 17.7 Å². The molecule has 32 heavy (non-hydrogen) atoms.